The highest BCUT2D eigenvalue weighted by Gasteiger charge is 2.13. The molecule has 1 atom stereocenters. The van der Waals surface area contributed by atoms with E-state index in [0.717, 1.165) is 0 Å². The van der Waals surface area contributed by atoms with Crippen LogP contribution in [0.1, 0.15) is 22.0 Å². The highest BCUT2D eigenvalue weighted by atomic mass is 35.5. The van der Waals surface area contributed by atoms with Gasteiger partial charge in [0.2, 0.25) is 0 Å². The Morgan fingerprint density at radius 3 is 2.64 bits per heavy atom. The molecule has 0 bridgehead atoms. The van der Waals surface area contributed by atoms with Crippen molar-refractivity contribution in [3.05, 3.63) is 57.8 Å². The molecule has 1 aromatic carbocycles. The number of nitrogens with one attached hydrogen (secondary N) is 1. The number of hydrogen-bond acceptors (Lipinski definition) is 4. The highest BCUT2D eigenvalue weighted by Crippen LogP contribution is 2.19. The highest BCUT2D eigenvalue weighted by molar-refractivity contribution is 6.33. The second kappa shape index (κ2) is 7.45. The van der Waals surface area contributed by atoms with E-state index >= 15 is 0 Å². The summed E-state index contributed by atoms with van der Waals surface area (Å²) in [5.74, 6) is 0.240. The molecular weight excluding hydrogens is 327 g/mol. The Balaban J connectivity index is 2.00. The van der Waals surface area contributed by atoms with Gasteiger partial charge in [-0.3, -0.25) is 4.79 Å². The fourth-order valence-corrected chi connectivity index (χ4v) is 2.31. The largest absolute Gasteiger partial charge is 0.497 e. The summed E-state index contributed by atoms with van der Waals surface area (Å²) >= 11 is 11.5. The number of methoxy groups -OCH3 is 1. The van der Waals surface area contributed by atoms with Crippen molar-refractivity contribution in [1.29, 1.82) is 0 Å². The Kier molecular flexibility index (Phi) is 5.60. The summed E-state index contributed by atoms with van der Waals surface area (Å²) in [6.07, 6.45) is -0.855. The van der Waals surface area contributed by atoms with Crippen LogP contribution < -0.4 is 10.1 Å². The van der Waals surface area contributed by atoms with Gasteiger partial charge < -0.3 is 15.2 Å². The summed E-state index contributed by atoms with van der Waals surface area (Å²) < 4.78 is 5.09. The summed E-state index contributed by atoms with van der Waals surface area (Å²) in [6, 6.07) is 9.80. The average Bonchev–Trinajstić information content (AvgIpc) is 2.51. The van der Waals surface area contributed by atoms with E-state index in [1.807, 2.05) is 0 Å². The second-order valence-electron chi connectivity index (χ2n) is 4.50. The zero-order valence-electron chi connectivity index (χ0n) is 11.7. The minimum Gasteiger partial charge on any atom is -0.497 e. The molecule has 7 heteroatoms. The zero-order chi connectivity index (χ0) is 16.1. The standard InChI is InChI=1S/C15H14Cl2N2O3/c1-22-11-4-2-3-9(5-11)12(20)8-18-15(21)10-6-13(16)19-14(17)7-10/h2-7,12,20H,8H2,1H3,(H,18,21). The number of carbonyl (C=O) groups excluding carboxylic acids is 1. The van der Waals surface area contributed by atoms with Crippen LogP contribution in [-0.2, 0) is 0 Å². The van der Waals surface area contributed by atoms with E-state index in [1.54, 1.807) is 31.4 Å². The quantitative estimate of drug-likeness (QED) is 0.821. The molecule has 0 aliphatic heterocycles. The maximum Gasteiger partial charge on any atom is 0.251 e. The van der Waals surface area contributed by atoms with Crippen molar-refractivity contribution in [3.63, 3.8) is 0 Å². The molecule has 2 rings (SSSR count). The van der Waals surface area contributed by atoms with Gasteiger partial charge in [0.1, 0.15) is 16.1 Å². The van der Waals surface area contributed by atoms with Crippen molar-refractivity contribution in [2.75, 3.05) is 13.7 Å². The number of halogens is 2. The van der Waals surface area contributed by atoms with E-state index in [9.17, 15) is 9.90 Å². The van der Waals surface area contributed by atoms with Crippen LogP contribution in [0.3, 0.4) is 0 Å². The lowest BCUT2D eigenvalue weighted by atomic mass is 10.1. The van der Waals surface area contributed by atoms with Crippen molar-refractivity contribution in [3.8, 4) is 5.75 Å². The van der Waals surface area contributed by atoms with Crippen molar-refractivity contribution in [2.45, 2.75) is 6.10 Å². The first-order valence-electron chi connectivity index (χ1n) is 6.43. The Morgan fingerprint density at radius 1 is 1.32 bits per heavy atom. The Hall–Kier alpha value is -1.82. The summed E-state index contributed by atoms with van der Waals surface area (Å²) in [5.41, 5.74) is 0.924. The molecule has 0 spiro atoms. The normalized spacial score (nSPS) is 11.8. The van der Waals surface area contributed by atoms with E-state index in [0.29, 0.717) is 11.3 Å². The molecule has 1 aromatic heterocycles. The fourth-order valence-electron chi connectivity index (χ4n) is 1.85. The van der Waals surface area contributed by atoms with Crippen LogP contribution in [0, 0.1) is 0 Å². The minimum atomic E-state index is -0.855. The Morgan fingerprint density at radius 2 is 2.00 bits per heavy atom. The lowest BCUT2D eigenvalue weighted by Gasteiger charge is -2.13. The maximum atomic E-state index is 12.0. The second-order valence-corrected chi connectivity index (χ2v) is 5.28. The van der Waals surface area contributed by atoms with Gasteiger partial charge >= 0.3 is 0 Å². The third-order valence-corrected chi connectivity index (χ3v) is 3.35. The maximum absolute atomic E-state index is 12.0. The van der Waals surface area contributed by atoms with Gasteiger partial charge in [-0.1, -0.05) is 35.3 Å². The molecule has 2 N–H and O–H groups in total. The van der Waals surface area contributed by atoms with Crippen LogP contribution in [0.2, 0.25) is 10.3 Å². The molecule has 22 heavy (non-hydrogen) atoms. The van der Waals surface area contributed by atoms with Crippen molar-refractivity contribution < 1.29 is 14.6 Å². The molecule has 0 aliphatic rings. The van der Waals surface area contributed by atoms with Crippen LogP contribution in [0.25, 0.3) is 0 Å². The van der Waals surface area contributed by atoms with Gasteiger partial charge in [0.15, 0.2) is 0 Å². The first kappa shape index (κ1) is 16.5. The number of pyridine rings is 1. The predicted octanol–water partition coefficient (Wildman–Crippen LogP) is 2.86. The van der Waals surface area contributed by atoms with Crippen molar-refractivity contribution in [1.82, 2.24) is 10.3 Å². The molecule has 116 valence electrons. The summed E-state index contributed by atoms with van der Waals surface area (Å²) in [5, 5.41) is 13.0. The molecule has 0 saturated carbocycles. The topological polar surface area (TPSA) is 71.5 Å². The number of amides is 1. The van der Waals surface area contributed by atoms with E-state index in [4.69, 9.17) is 27.9 Å². The number of ether oxygens (including phenoxy) is 1. The number of aliphatic hydroxyl groups excluding tert-OH is 1. The lowest BCUT2D eigenvalue weighted by molar-refractivity contribution is 0.0916. The molecule has 2 aromatic rings. The molecule has 0 saturated heterocycles. The molecule has 5 nitrogen and oxygen atoms in total. The van der Waals surface area contributed by atoms with Crippen LogP contribution in [0.4, 0.5) is 0 Å². The van der Waals surface area contributed by atoms with Gasteiger partial charge in [0.05, 0.1) is 13.2 Å². The smallest absolute Gasteiger partial charge is 0.251 e. The Labute approximate surface area is 137 Å². The Bertz CT molecular complexity index is 659. The molecule has 0 aliphatic carbocycles. The van der Waals surface area contributed by atoms with Crippen LogP contribution in [0.5, 0.6) is 5.75 Å². The zero-order valence-corrected chi connectivity index (χ0v) is 13.2. The third-order valence-electron chi connectivity index (χ3n) is 2.96. The molecular formula is C15H14Cl2N2O3. The molecule has 1 unspecified atom stereocenters. The van der Waals surface area contributed by atoms with Crippen LogP contribution in [-0.4, -0.2) is 29.7 Å². The van der Waals surface area contributed by atoms with Gasteiger partial charge in [-0.2, -0.15) is 0 Å². The van der Waals surface area contributed by atoms with E-state index in [-0.39, 0.29) is 22.4 Å². The van der Waals surface area contributed by atoms with Crippen molar-refractivity contribution in [2.24, 2.45) is 0 Å². The third kappa shape index (κ3) is 4.34. The SMILES string of the molecule is COc1cccc(C(O)CNC(=O)c2cc(Cl)nc(Cl)c2)c1. The fraction of sp³-hybridized carbons (Fsp3) is 0.200. The van der Waals surface area contributed by atoms with Gasteiger partial charge in [-0.15, -0.1) is 0 Å². The molecule has 1 amide bonds. The number of aromatic nitrogens is 1. The average molecular weight is 341 g/mol. The summed E-state index contributed by atoms with van der Waals surface area (Å²) in [4.78, 5) is 15.8. The van der Waals surface area contributed by atoms with E-state index < -0.39 is 12.0 Å². The summed E-state index contributed by atoms with van der Waals surface area (Å²) in [6.45, 7) is 0.0452. The first-order valence-corrected chi connectivity index (χ1v) is 7.18. The summed E-state index contributed by atoms with van der Waals surface area (Å²) in [7, 11) is 1.55. The minimum absolute atomic E-state index is 0.0452. The predicted molar refractivity (Wildman–Crippen MR) is 84.5 cm³/mol. The monoisotopic (exact) mass is 340 g/mol. The number of benzene rings is 1. The molecule has 0 fully saturated rings. The van der Waals surface area contributed by atoms with Gasteiger partial charge in [0, 0.05) is 12.1 Å². The van der Waals surface area contributed by atoms with Crippen LogP contribution >= 0.6 is 23.2 Å². The van der Waals surface area contributed by atoms with Crippen LogP contribution in [0.15, 0.2) is 36.4 Å². The number of aliphatic hydroxyl groups is 1. The number of rotatable bonds is 5. The number of hydrogen-bond donors (Lipinski definition) is 2. The van der Waals surface area contributed by atoms with Gasteiger partial charge in [-0.25, -0.2) is 4.98 Å². The molecule has 0 radical (unpaired) electrons. The van der Waals surface area contributed by atoms with Crippen molar-refractivity contribution >= 4 is 29.1 Å². The van der Waals surface area contributed by atoms with E-state index in [1.165, 1.54) is 12.1 Å². The first-order chi connectivity index (χ1) is 10.5. The van der Waals surface area contributed by atoms with Gasteiger partial charge in [0.25, 0.3) is 5.91 Å². The number of nitrogens with zero attached hydrogens (tertiary/aromatic N) is 1. The van der Waals surface area contributed by atoms with Gasteiger partial charge in [-0.05, 0) is 29.8 Å². The van der Waals surface area contributed by atoms with E-state index in [2.05, 4.69) is 10.3 Å². The molecule has 1 heterocycles. The number of carbonyl (C=O) groups is 1. The lowest BCUT2D eigenvalue weighted by Crippen LogP contribution is -2.28.